The highest BCUT2D eigenvalue weighted by molar-refractivity contribution is 5.96. The number of benzene rings is 2. The van der Waals surface area contributed by atoms with Gasteiger partial charge >= 0.3 is 5.97 Å². The van der Waals surface area contributed by atoms with Crippen LogP contribution in [0.2, 0.25) is 0 Å². The van der Waals surface area contributed by atoms with E-state index in [1.165, 1.54) is 32.2 Å². The average Bonchev–Trinajstić information content (AvgIpc) is 2.73. The summed E-state index contributed by atoms with van der Waals surface area (Å²) in [6.45, 7) is 2.30. The minimum absolute atomic E-state index is 0.0611. The molecule has 0 fully saturated rings. The quantitative estimate of drug-likeness (QED) is 0.414. The Kier molecular flexibility index (Phi) is 6.35. The van der Waals surface area contributed by atoms with E-state index >= 15 is 0 Å². The summed E-state index contributed by atoms with van der Waals surface area (Å²) in [5.74, 6) is 0.139. The second kappa shape index (κ2) is 9.12. The lowest BCUT2D eigenvalue weighted by Crippen LogP contribution is -2.30. The largest absolute Gasteiger partial charge is 0.495 e. The molecule has 2 aromatic rings. The maximum atomic E-state index is 12.4. The number of hydrogen-bond acceptors (Lipinski definition) is 8. The van der Waals surface area contributed by atoms with Gasteiger partial charge in [0.15, 0.2) is 17.6 Å². The summed E-state index contributed by atoms with van der Waals surface area (Å²) in [7, 11) is 1.37. The van der Waals surface area contributed by atoms with Crippen molar-refractivity contribution < 1.29 is 33.5 Å². The summed E-state index contributed by atoms with van der Waals surface area (Å²) in [5.41, 5.74) is 0.540. The first kappa shape index (κ1) is 20.9. The second-order valence-corrected chi connectivity index (χ2v) is 6.42. The summed E-state index contributed by atoms with van der Waals surface area (Å²) in [5, 5.41) is 13.4. The monoisotopic (exact) mass is 416 g/mol. The number of nitrogens with one attached hydrogen (secondary N) is 1. The molecular weight excluding hydrogens is 396 g/mol. The van der Waals surface area contributed by atoms with Gasteiger partial charge in [0.05, 0.1) is 24.1 Å². The van der Waals surface area contributed by atoms with Gasteiger partial charge in [0.1, 0.15) is 19.0 Å². The molecule has 0 unspecified atom stereocenters. The molecule has 0 radical (unpaired) electrons. The fourth-order valence-corrected chi connectivity index (χ4v) is 2.80. The van der Waals surface area contributed by atoms with Crippen LogP contribution in [0.3, 0.4) is 0 Å². The number of fused-ring (bicyclic) bond motifs is 1. The third-order valence-electron chi connectivity index (χ3n) is 4.28. The number of amides is 1. The van der Waals surface area contributed by atoms with Gasteiger partial charge in [0, 0.05) is 12.1 Å². The Bertz CT molecular complexity index is 975. The van der Waals surface area contributed by atoms with E-state index in [1.54, 1.807) is 18.2 Å². The lowest BCUT2D eigenvalue weighted by molar-refractivity contribution is -0.384. The van der Waals surface area contributed by atoms with E-state index in [4.69, 9.17) is 18.9 Å². The number of hydrogen-bond donors (Lipinski definition) is 1. The molecular formula is C20H20N2O8. The molecule has 0 aliphatic carbocycles. The van der Waals surface area contributed by atoms with Crippen molar-refractivity contribution in [2.75, 3.05) is 25.6 Å². The lowest BCUT2D eigenvalue weighted by Gasteiger charge is -2.19. The number of carbonyl (C=O) groups is 2. The van der Waals surface area contributed by atoms with Gasteiger partial charge in [-0.05, 0) is 30.7 Å². The van der Waals surface area contributed by atoms with Crippen LogP contribution in [-0.4, -0.2) is 43.2 Å². The summed E-state index contributed by atoms with van der Waals surface area (Å²) < 4.78 is 21.2. The van der Waals surface area contributed by atoms with E-state index in [2.05, 4.69) is 5.32 Å². The Morgan fingerprint density at radius 1 is 1.17 bits per heavy atom. The number of methoxy groups -OCH3 is 1. The van der Waals surface area contributed by atoms with Gasteiger partial charge in [-0.3, -0.25) is 19.7 Å². The first-order valence-electron chi connectivity index (χ1n) is 9.08. The summed E-state index contributed by atoms with van der Waals surface area (Å²) in [6.07, 6.45) is -1.19. The standard InChI is InChI=1S/C20H20N2O8/c1-12(20(24)21-15-11-14(22(25)26)4-6-16(15)27-2)30-19(23)10-13-3-5-17-18(9-13)29-8-7-28-17/h3-6,9,11-12H,7-8,10H2,1-2H3,(H,21,24)/t12-/m0/s1. The van der Waals surface area contributed by atoms with Gasteiger partial charge in [-0.25, -0.2) is 0 Å². The van der Waals surface area contributed by atoms with E-state index in [1.807, 2.05) is 0 Å². The third-order valence-corrected chi connectivity index (χ3v) is 4.28. The molecule has 0 bridgehead atoms. The molecule has 3 rings (SSSR count). The summed E-state index contributed by atoms with van der Waals surface area (Å²) in [6, 6.07) is 8.90. The molecule has 2 aromatic carbocycles. The van der Waals surface area contributed by atoms with Crippen molar-refractivity contribution in [1.82, 2.24) is 0 Å². The number of ether oxygens (including phenoxy) is 4. The smallest absolute Gasteiger partial charge is 0.311 e. The Hall–Kier alpha value is -3.82. The van der Waals surface area contributed by atoms with Crippen LogP contribution in [0.4, 0.5) is 11.4 Å². The van der Waals surface area contributed by atoms with E-state index in [0.29, 0.717) is 30.3 Å². The van der Waals surface area contributed by atoms with Crippen molar-refractivity contribution >= 4 is 23.3 Å². The predicted octanol–water partition coefficient (Wildman–Crippen LogP) is 2.49. The van der Waals surface area contributed by atoms with Crippen molar-refractivity contribution in [2.24, 2.45) is 0 Å². The van der Waals surface area contributed by atoms with Gasteiger partial charge in [-0.1, -0.05) is 6.07 Å². The van der Waals surface area contributed by atoms with Crippen molar-refractivity contribution in [1.29, 1.82) is 0 Å². The number of anilines is 1. The zero-order valence-electron chi connectivity index (χ0n) is 16.4. The van der Waals surface area contributed by atoms with Crippen molar-refractivity contribution in [3.8, 4) is 17.2 Å². The van der Waals surface area contributed by atoms with E-state index in [9.17, 15) is 19.7 Å². The number of rotatable bonds is 7. The fourth-order valence-electron chi connectivity index (χ4n) is 2.80. The minimum Gasteiger partial charge on any atom is -0.495 e. The molecule has 158 valence electrons. The number of non-ortho nitro benzene ring substituents is 1. The van der Waals surface area contributed by atoms with Crippen molar-refractivity contribution in [3.63, 3.8) is 0 Å². The van der Waals surface area contributed by atoms with Crippen molar-refractivity contribution in [3.05, 3.63) is 52.1 Å². The molecule has 10 heteroatoms. The van der Waals surface area contributed by atoms with E-state index < -0.39 is 22.9 Å². The van der Waals surface area contributed by atoms with Gasteiger partial charge in [-0.15, -0.1) is 0 Å². The normalized spacial score (nSPS) is 13.1. The zero-order valence-corrected chi connectivity index (χ0v) is 16.4. The number of nitrogens with zero attached hydrogens (tertiary/aromatic N) is 1. The van der Waals surface area contributed by atoms with Crippen LogP contribution in [0.15, 0.2) is 36.4 Å². The summed E-state index contributed by atoms with van der Waals surface area (Å²) in [4.78, 5) is 35.0. The van der Waals surface area contributed by atoms with E-state index in [-0.39, 0.29) is 23.5 Å². The SMILES string of the molecule is COc1ccc([N+](=O)[O-])cc1NC(=O)[C@H](C)OC(=O)Cc1ccc2c(c1)OCCO2. The molecule has 0 saturated carbocycles. The van der Waals surface area contributed by atoms with Gasteiger partial charge in [0.2, 0.25) is 0 Å². The van der Waals surface area contributed by atoms with Crippen LogP contribution in [-0.2, 0) is 20.7 Å². The average molecular weight is 416 g/mol. The Morgan fingerprint density at radius 2 is 1.90 bits per heavy atom. The third kappa shape index (κ3) is 4.96. The molecule has 30 heavy (non-hydrogen) atoms. The molecule has 1 atom stereocenters. The first-order valence-corrected chi connectivity index (χ1v) is 9.08. The lowest BCUT2D eigenvalue weighted by atomic mass is 10.1. The van der Waals surface area contributed by atoms with E-state index in [0.717, 1.165) is 0 Å². The van der Waals surface area contributed by atoms with Crippen molar-refractivity contribution in [2.45, 2.75) is 19.4 Å². The van der Waals surface area contributed by atoms with Crippen LogP contribution in [0, 0.1) is 10.1 Å². The zero-order chi connectivity index (χ0) is 21.7. The van der Waals surface area contributed by atoms with Crippen LogP contribution in [0.25, 0.3) is 0 Å². The van der Waals surface area contributed by atoms with Gasteiger partial charge < -0.3 is 24.3 Å². The first-order chi connectivity index (χ1) is 14.4. The minimum atomic E-state index is -1.13. The number of nitro groups is 1. The number of carbonyl (C=O) groups excluding carboxylic acids is 2. The second-order valence-electron chi connectivity index (χ2n) is 6.42. The molecule has 1 heterocycles. The molecule has 0 spiro atoms. The van der Waals surface area contributed by atoms with Crippen LogP contribution in [0.5, 0.6) is 17.2 Å². The Morgan fingerprint density at radius 3 is 2.60 bits per heavy atom. The highest BCUT2D eigenvalue weighted by Crippen LogP contribution is 2.31. The predicted molar refractivity (Wildman–Crippen MR) is 105 cm³/mol. The van der Waals surface area contributed by atoms with Crippen LogP contribution in [0.1, 0.15) is 12.5 Å². The highest BCUT2D eigenvalue weighted by atomic mass is 16.6. The topological polar surface area (TPSA) is 126 Å². The number of esters is 1. The Labute approximate surface area is 171 Å². The maximum Gasteiger partial charge on any atom is 0.311 e. The molecule has 10 nitrogen and oxygen atoms in total. The van der Waals surface area contributed by atoms with Crippen LogP contribution < -0.4 is 19.5 Å². The van der Waals surface area contributed by atoms with Gasteiger partial charge in [0.25, 0.3) is 11.6 Å². The fraction of sp³-hybridized carbons (Fsp3) is 0.300. The highest BCUT2D eigenvalue weighted by Gasteiger charge is 2.21. The molecule has 1 amide bonds. The molecule has 1 N–H and O–H groups in total. The van der Waals surface area contributed by atoms with Gasteiger partial charge in [-0.2, -0.15) is 0 Å². The van der Waals surface area contributed by atoms with Crippen LogP contribution >= 0.6 is 0 Å². The molecule has 1 aliphatic heterocycles. The molecule has 1 aliphatic rings. The molecule has 0 aromatic heterocycles. The Balaban J connectivity index is 1.61. The molecule has 0 saturated heterocycles. The number of nitro benzene ring substituents is 1. The maximum absolute atomic E-state index is 12.4. The summed E-state index contributed by atoms with van der Waals surface area (Å²) >= 11 is 0.